The summed E-state index contributed by atoms with van der Waals surface area (Å²) in [4.78, 5) is 34.5. The molecule has 5 aliphatic heterocycles. The van der Waals surface area contributed by atoms with Crippen LogP contribution in [-0.2, 0) is 106 Å². The van der Waals surface area contributed by atoms with Crippen LogP contribution in [0.4, 0.5) is 0 Å². The second-order valence-corrected chi connectivity index (χ2v) is 24.3. The highest BCUT2D eigenvalue weighted by molar-refractivity contribution is 6.21. The van der Waals surface area contributed by atoms with Crippen molar-refractivity contribution in [1.29, 1.82) is 0 Å². The number of carbonyl (C=O) groups is 2. The molecule has 2 amide bonds. The number of amides is 2. The number of imide groups is 1. The van der Waals surface area contributed by atoms with Crippen LogP contribution in [0.5, 0.6) is 0 Å². The average molecular weight is 1320 g/mol. The third-order valence-corrected chi connectivity index (χ3v) is 17.8. The topological polar surface area (TPSA) is 215 Å². The molecule has 5 aliphatic rings. The van der Waals surface area contributed by atoms with Crippen molar-refractivity contribution in [1.82, 2.24) is 4.90 Å². The molecule has 13 rings (SSSR count). The van der Waals surface area contributed by atoms with Crippen molar-refractivity contribution in [3.8, 4) is 0 Å². The Bertz CT molecular complexity index is 3760. The maximum Gasteiger partial charge on any atom is 0.262 e. The normalized spacial score (nSPS) is 27.7. The van der Waals surface area contributed by atoms with Gasteiger partial charge in [-0.1, -0.05) is 230 Å². The number of hydrogen-bond acceptors (Lipinski definition) is 17. The molecule has 0 bridgehead atoms. The first-order chi connectivity index (χ1) is 47.8. The van der Waals surface area contributed by atoms with Gasteiger partial charge in [0.05, 0.1) is 76.7 Å². The standard InChI is InChI=1S/C77H78N4O16/c1-51-64(86-44-53-27-11-3-12-28-53)68(88-46-55-31-15-5-16-32-55)70(90-48-57-35-19-7-20-36-57)76(92-51)97-71-69(89-47-56-33-17-6-18-34-56)65(87-45-54-29-13-4-14-30-54)61(49-84-43-52-25-9-2-10-26-52)94-77(71)96-67-63(81-72(82)59-39-23-24-40-60(59)73(81)83)75(85-42-41-79-80-78)93-62-50-91-74(95-66(62)67)58-37-21-8-22-38-58/h2-40,51,61-71,74-77H,41-50H2,1H3/t51-,61+,62+,63+,64+,65-,66+,67+,68+,69-,70-,71+,74?,75+,76-,77-/m0/s1. The number of rotatable bonds is 29. The van der Waals surface area contributed by atoms with Crippen molar-refractivity contribution >= 4 is 11.8 Å². The molecule has 0 aliphatic carbocycles. The van der Waals surface area contributed by atoms with E-state index in [-0.39, 0.29) is 77.1 Å². The summed E-state index contributed by atoms with van der Waals surface area (Å²) < 4.78 is 99.7. The van der Waals surface area contributed by atoms with Crippen molar-refractivity contribution in [2.75, 3.05) is 26.4 Å². The Morgan fingerprint density at radius 2 is 0.866 bits per heavy atom. The van der Waals surface area contributed by atoms with Gasteiger partial charge < -0.3 is 66.3 Å². The van der Waals surface area contributed by atoms with Gasteiger partial charge in [-0.2, -0.15) is 0 Å². The van der Waals surface area contributed by atoms with E-state index in [1.807, 2.05) is 219 Å². The first-order valence-electron chi connectivity index (χ1n) is 32.9. The van der Waals surface area contributed by atoms with Gasteiger partial charge >= 0.3 is 0 Å². The quantitative estimate of drug-likeness (QED) is 0.0140. The molecule has 20 heteroatoms. The fraction of sp³-hybridized carbons (Fsp3) is 0.351. The van der Waals surface area contributed by atoms with Crippen LogP contribution in [0.1, 0.15) is 72.9 Å². The molecule has 5 heterocycles. The number of ether oxygens (including phenoxy) is 14. The highest BCUT2D eigenvalue weighted by atomic mass is 16.8. The summed E-state index contributed by atoms with van der Waals surface area (Å²) in [6.07, 6.45) is -16.6. The minimum atomic E-state index is -1.56. The van der Waals surface area contributed by atoms with Gasteiger partial charge in [0.2, 0.25) is 0 Å². The molecule has 97 heavy (non-hydrogen) atoms. The lowest BCUT2D eigenvalue weighted by atomic mass is 9.93. The van der Waals surface area contributed by atoms with Crippen LogP contribution in [-0.4, -0.2) is 135 Å². The van der Waals surface area contributed by atoms with Crippen molar-refractivity contribution in [2.24, 2.45) is 5.11 Å². The zero-order chi connectivity index (χ0) is 66.1. The molecule has 16 atom stereocenters. The Labute approximate surface area is 563 Å². The largest absolute Gasteiger partial charge is 0.374 e. The van der Waals surface area contributed by atoms with Crippen LogP contribution >= 0.6 is 0 Å². The summed E-state index contributed by atoms with van der Waals surface area (Å²) in [6.45, 7) is 2.38. The molecular formula is C77H78N4O16. The molecule has 8 aromatic carbocycles. The summed E-state index contributed by atoms with van der Waals surface area (Å²) in [5, 5.41) is 3.75. The number of benzene rings is 8. The Morgan fingerprint density at radius 3 is 1.37 bits per heavy atom. The summed E-state index contributed by atoms with van der Waals surface area (Å²) in [5.74, 6) is -1.26. The van der Waals surface area contributed by atoms with Gasteiger partial charge in [0.1, 0.15) is 67.1 Å². The summed E-state index contributed by atoms with van der Waals surface area (Å²) in [6, 6.07) is 73.4. The van der Waals surface area contributed by atoms with E-state index in [2.05, 4.69) is 10.0 Å². The van der Waals surface area contributed by atoms with Gasteiger partial charge in [0.15, 0.2) is 25.2 Å². The van der Waals surface area contributed by atoms with Gasteiger partial charge in [0.25, 0.3) is 11.8 Å². The maximum absolute atomic E-state index is 15.2. The zero-order valence-corrected chi connectivity index (χ0v) is 53.6. The number of carbonyl (C=O) groups excluding carboxylic acids is 2. The van der Waals surface area contributed by atoms with Gasteiger partial charge in [0, 0.05) is 17.0 Å². The Kier molecular flexibility index (Phi) is 23.1. The molecule has 0 spiro atoms. The highest BCUT2D eigenvalue weighted by Gasteiger charge is 2.61. The predicted octanol–water partition coefficient (Wildman–Crippen LogP) is 12.2. The van der Waals surface area contributed by atoms with E-state index in [4.69, 9.17) is 66.3 Å². The molecule has 0 aromatic heterocycles. The first kappa shape index (κ1) is 67.2. The van der Waals surface area contributed by atoms with Crippen molar-refractivity contribution in [3.63, 3.8) is 0 Å². The third kappa shape index (κ3) is 16.6. The lowest BCUT2D eigenvalue weighted by Gasteiger charge is -2.53. The molecule has 0 saturated carbocycles. The molecule has 0 N–H and O–H groups in total. The minimum absolute atomic E-state index is 0.0505. The van der Waals surface area contributed by atoms with Gasteiger partial charge in [-0.05, 0) is 58.0 Å². The Hall–Kier alpha value is -8.35. The Morgan fingerprint density at radius 1 is 0.443 bits per heavy atom. The van der Waals surface area contributed by atoms with E-state index in [0.717, 1.165) is 38.3 Å². The van der Waals surface area contributed by atoms with Crippen molar-refractivity contribution in [2.45, 2.75) is 145 Å². The molecule has 0 radical (unpaired) electrons. The fourth-order valence-electron chi connectivity index (χ4n) is 13.0. The van der Waals surface area contributed by atoms with E-state index in [1.165, 1.54) is 0 Å². The lowest BCUT2D eigenvalue weighted by Crippen LogP contribution is -2.71. The van der Waals surface area contributed by atoms with E-state index in [9.17, 15) is 5.53 Å². The highest BCUT2D eigenvalue weighted by Crippen LogP contribution is 2.43. The molecule has 502 valence electrons. The number of azide groups is 1. The first-order valence-corrected chi connectivity index (χ1v) is 32.9. The summed E-state index contributed by atoms with van der Waals surface area (Å²) in [5.41, 5.74) is 15.8. The molecule has 8 aromatic rings. The van der Waals surface area contributed by atoms with E-state index >= 15 is 9.59 Å². The molecule has 4 fully saturated rings. The van der Waals surface area contributed by atoms with Crippen LogP contribution in [0.3, 0.4) is 0 Å². The maximum atomic E-state index is 15.2. The SMILES string of the molecule is C[C@@H]1O[C@@H](O[C@H]2[C@H](O[C@H]3[C@@H]4OC(c5ccccc5)OC[C@H]4O[C@@H](OCCN=[N+]=[N-])[C@@H]3N3C(=O)c4ccccc4C3=O)O[C@H](COCc3ccccc3)[C@H](OCc3ccccc3)[C@@H]2OCc2ccccc2)[C@@H](OCc2ccccc2)[C@H](OCc2ccccc2)[C@@H]1OCc1ccccc1. The second-order valence-electron chi connectivity index (χ2n) is 24.3. The van der Waals surface area contributed by atoms with E-state index in [1.54, 1.807) is 24.3 Å². The zero-order valence-electron chi connectivity index (χ0n) is 53.6. The average Bonchev–Trinajstić information content (AvgIpc) is 1.59. The predicted molar refractivity (Wildman–Crippen MR) is 353 cm³/mol. The minimum Gasteiger partial charge on any atom is -0.374 e. The van der Waals surface area contributed by atoms with Crippen LogP contribution in [0.15, 0.2) is 242 Å². The van der Waals surface area contributed by atoms with E-state index in [0.29, 0.717) is 5.56 Å². The lowest BCUT2D eigenvalue weighted by molar-refractivity contribution is -0.405. The van der Waals surface area contributed by atoms with Crippen LogP contribution in [0.25, 0.3) is 10.4 Å². The monoisotopic (exact) mass is 1310 g/mol. The number of nitrogens with zero attached hydrogens (tertiary/aromatic N) is 4. The van der Waals surface area contributed by atoms with Crippen LogP contribution in [0.2, 0.25) is 0 Å². The third-order valence-electron chi connectivity index (χ3n) is 17.8. The number of hydrogen-bond donors (Lipinski definition) is 0. The van der Waals surface area contributed by atoms with Crippen LogP contribution in [0, 0.1) is 0 Å². The molecule has 20 nitrogen and oxygen atoms in total. The summed E-state index contributed by atoms with van der Waals surface area (Å²) >= 11 is 0. The smallest absolute Gasteiger partial charge is 0.262 e. The van der Waals surface area contributed by atoms with Crippen molar-refractivity contribution < 1.29 is 75.9 Å². The van der Waals surface area contributed by atoms with E-state index < -0.39 is 110 Å². The molecular weight excluding hydrogens is 1240 g/mol. The Balaban J connectivity index is 0.963. The van der Waals surface area contributed by atoms with Gasteiger partial charge in [-0.15, -0.1) is 0 Å². The van der Waals surface area contributed by atoms with Crippen molar-refractivity contribution in [3.05, 3.63) is 297 Å². The van der Waals surface area contributed by atoms with Gasteiger partial charge in [-0.3, -0.25) is 14.5 Å². The fourth-order valence-corrected chi connectivity index (χ4v) is 13.0. The molecule has 4 saturated heterocycles. The number of fused-ring (bicyclic) bond motifs is 2. The summed E-state index contributed by atoms with van der Waals surface area (Å²) in [7, 11) is 0. The van der Waals surface area contributed by atoms with Crippen LogP contribution < -0.4 is 0 Å². The van der Waals surface area contributed by atoms with Gasteiger partial charge in [-0.25, -0.2) is 0 Å². The second kappa shape index (κ2) is 33.3. The molecule has 1 unspecified atom stereocenters.